The lowest BCUT2D eigenvalue weighted by molar-refractivity contribution is 0.595. The van der Waals surface area contributed by atoms with E-state index in [1.807, 2.05) is 11.8 Å². The Balaban J connectivity index is 2.50. The van der Waals surface area contributed by atoms with Gasteiger partial charge in [0.1, 0.15) is 0 Å². The van der Waals surface area contributed by atoms with Gasteiger partial charge in [0.2, 0.25) is 0 Å². The Morgan fingerprint density at radius 3 is 2.80 bits per heavy atom. The molecule has 1 rings (SSSR count). The fourth-order valence-electron chi connectivity index (χ4n) is 1.45. The minimum atomic E-state index is 0.572. The molecule has 0 aliphatic heterocycles. The number of rotatable bonds is 5. The maximum absolute atomic E-state index is 3.52. The number of thioether (sulfide) groups is 1. The maximum atomic E-state index is 3.52. The third-order valence-electron chi connectivity index (χ3n) is 2.36. The van der Waals surface area contributed by atoms with E-state index in [0.29, 0.717) is 6.04 Å². The molecule has 15 heavy (non-hydrogen) atoms. The second-order valence-electron chi connectivity index (χ2n) is 3.81. The average molecular weight is 288 g/mol. The summed E-state index contributed by atoms with van der Waals surface area (Å²) in [6.07, 6.45) is 2.14. The van der Waals surface area contributed by atoms with Gasteiger partial charge < -0.3 is 5.32 Å². The maximum Gasteiger partial charge on any atom is 0.0210 e. The zero-order valence-electron chi connectivity index (χ0n) is 9.51. The highest BCUT2D eigenvalue weighted by Gasteiger charge is 2.02. The van der Waals surface area contributed by atoms with Crippen molar-refractivity contribution in [3.05, 3.63) is 33.8 Å². The Hall–Kier alpha value is 0.01000. The minimum absolute atomic E-state index is 0.572. The quantitative estimate of drug-likeness (QED) is 0.888. The van der Waals surface area contributed by atoms with Gasteiger partial charge in [0.15, 0.2) is 0 Å². The van der Waals surface area contributed by atoms with Crippen molar-refractivity contribution in [1.82, 2.24) is 5.32 Å². The van der Waals surface area contributed by atoms with Gasteiger partial charge in [0.25, 0.3) is 0 Å². The van der Waals surface area contributed by atoms with E-state index in [4.69, 9.17) is 0 Å². The van der Waals surface area contributed by atoms with Crippen molar-refractivity contribution in [1.29, 1.82) is 0 Å². The van der Waals surface area contributed by atoms with Crippen molar-refractivity contribution in [2.45, 2.75) is 26.4 Å². The molecule has 0 aliphatic carbocycles. The number of aryl methyl sites for hydroxylation is 1. The summed E-state index contributed by atoms with van der Waals surface area (Å²) in [6.45, 7) is 5.34. The van der Waals surface area contributed by atoms with Gasteiger partial charge in [-0.2, -0.15) is 11.8 Å². The van der Waals surface area contributed by atoms with Crippen molar-refractivity contribution < 1.29 is 0 Å². The SMILES string of the molecule is CSCC(C)NCc1ccc(Br)cc1C. The lowest BCUT2D eigenvalue weighted by Gasteiger charge is -2.13. The summed E-state index contributed by atoms with van der Waals surface area (Å²) in [6, 6.07) is 7.01. The van der Waals surface area contributed by atoms with E-state index < -0.39 is 0 Å². The van der Waals surface area contributed by atoms with Crippen molar-refractivity contribution in [3.8, 4) is 0 Å². The molecule has 1 nitrogen and oxygen atoms in total. The fourth-order valence-corrected chi connectivity index (χ4v) is 2.54. The smallest absolute Gasteiger partial charge is 0.0210 e. The molecule has 0 aliphatic rings. The fraction of sp³-hybridized carbons (Fsp3) is 0.500. The Kier molecular flexibility index (Phi) is 5.72. The van der Waals surface area contributed by atoms with Crippen molar-refractivity contribution >= 4 is 27.7 Å². The highest BCUT2D eigenvalue weighted by Crippen LogP contribution is 2.15. The number of hydrogen-bond acceptors (Lipinski definition) is 2. The molecule has 1 aromatic carbocycles. The third kappa shape index (κ3) is 4.58. The van der Waals surface area contributed by atoms with Gasteiger partial charge in [0.05, 0.1) is 0 Å². The Morgan fingerprint density at radius 1 is 1.47 bits per heavy atom. The van der Waals surface area contributed by atoms with E-state index in [-0.39, 0.29) is 0 Å². The van der Waals surface area contributed by atoms with Gasteiger partial charge in [-0.3, -0.25) is 0 Å². The molecule has 3 heteroatoms. The van der Waals surface area contributed by atoms with E-state index >= 15 is 0 Å². The van der Waals surface area contributed by atoms with Crippen LogP contribution in [0.25, 0.3) is 0 Å². The monoisotopic (exact) mass is 287 g/mol. The number of nitrogens with one attached hydrogen (secondary N) is 1. The van der Waals surface area contributed by atoms with Crippen LogP contribution in [0.4, 0.5) is 0 Å². The second-order valence-corrected chi connectivity index (χ2v) is 5.63. The first-order chi connectivity index (χ1) is 7.13. The van der Waals surface area contributed by atoms with Crippen LogP contribution in [0.5, 0.6) is 0 Å². The average Bonchev–Trinajstić information content (AvgIpc) is 2.17. The predicted molar refractivity (Wildman–Crippen MR) is 73.6 cm³/mol. The Labute approximate surface area is 105 Å². The lowest BCUT2D eigenvalue weighted by Crippen LogP contribution is -2.27. The molecule has 0 fully saturated rings. The van der Waals surface area contributed by atoms with Gasteiger partial charge in [-0.15, -0.1) is 0 Å². The van der Waals surface area contributed by atoms with E-state index in [1.54, 1.807) is 0 Å². The van der Waals surface area contributed by atoms with Crippen LogP contribution in [-0.2, 0) is 6.54 Å². The van der Waals surface area contributed by atoms with E-state index in [9.17, 15) is 0 Å². The molecule has 0 bridgehead atoms. The summed E-state index contributed by atoms with van der Waals surface area (Å²) in [5.41, 5.74) is 2.72. The zero-order chi connectivity index (χ0) is 11.3. The summed E-state index contributed by atoms with van der Waals surface area (Å²) in [5, 5.41) is 3.52. The summed E-state index contributed by atoms with van der Waals surface area (Å²) >= 11 is 5.36. The summed E-state index contributed by atoms with van der Waals surface area (Å²) < 4.78 is 1.15. The van der Waals surface area contributed by atoms with Crippen LogP contribution in [-0.4, -0.2) is 18.1 Å². The Bertz CT molecular complexity index is 314. The third-order valence-corrected chi connectivity index (χ3v) is 3.69. The minimum Gasteiger partial charge on any atom is -0.309 e. The molecule has 0 spiro atoms. The van der Waals surface area contributed by atoms with Crippen LogP contribution in [0.2, 0.25) is 0 Å². The van der Waals surface area contributed by atoms with E-state index in [0.717, 1.165) is 16.8 Å². The van der Waals surface area contributed by atoms with Crippen LogP contribution in [0.1, 0.15) is 18.1 Å². The standard InChI is InChI=1S/C12H18BrNS/c1-9-6-12(13)5-4-11(9)7-14-10(2)8-15-3/h4-6,10,14H,7-8H2,1-3H3. The molecule has 84 valence electrons. The molecule has 0 saturated carbocycles. The summed E-state index contributed by atoms with van der Waals surface area (Å²) in [7, 11) is 0. The molecule has 0 amide bonds. The van der Waals surface area contributed by atoms with Gasteiger partial charge in [0, 0.05) is 22.8 Å². The molecule has 1 aromatic rings. The topological polar surface area (TPSA) is 12.0 Å². The number of hydrogen-bond donors (Lipinski definition) is 1. The highest BCUT2D eigenvalue weighted by molar-refractivity contribution is 9.10. The van der Waals surface area contributed by atoms with E-state index in [1.165, 1.54) is 11.1 Å². The first-order valence-electron chi connectivity index (χ1n) is 5.11. The second kappa shape index (κ2) is 6.56. The molecule has 0 saturated heterocycles. The lowest BCUT2D eigenvalue weighted by atomic mass is 10.1. The predicted octanol–water partition coefficient (Wildman–Crippen LogP) is 3.60. The normalized spacial score (nSPS) is 12.8. The van der Waals surface area contributed by atoms with Crippen molar-refractivity contribution in [2.75, 3.05) is 12.0 Å². The van der Waals surface area contributed by atoms with Crippen molar-refractivity contribution in [3.63, 3.8) is 0 Å². The number of halogens is 1. The molecule has 1 unspecified atom stereocenters. The van der Waals surface area contributed by atoms with Crippen LogP contribution >= 0.6 is 27.7 Å². The number of benzene rings is 1. The van der Waals surface area contributed by atoms with Gasteiger partial charge in [-0.1, -0.05) is 22.0 Å². The molecule has 0 heterocycles. The zero-order valence-corrected chi connectivity index (χ0v) is 11.9. The summed E-state index contributed by atoms with van der Waals surface area (Å²) in [4.78, 5) is 0. The van der Waals surface area contributed by atoms with Crippen LogP contribution < -0.4 is 5.32 Å². The molecule has 0 aromatic heterocycles. The molecular formula is C12H18BrNS. The molecule has 0 radical (unpaired) electrons. The van der Waals surface area contributed by atoms with Gasteiger partial charge in [-0.25, -0.2) is 0 Å². The van der Waals surface area contributed by atoms with Crippen molar-refractivity contribution in [2.24, 2.45) is 0 Å². The first-order valence-corrected chi connectivity index (χ1v) is 7.29. The molecular weight excluding hydrogens is 270 g/mol. The van der Waals surface area contributed by atoms with Crippen LogP contribution in [0.15, 0.2) is 22.7 Å². The molecule has 1 N–H and O–H groups in total. The van der Waals surface area contributed by atoms with E-state index in [2.05, 4.69) is 59.5 Å². The van der Waals surface area contributed by atoms with Crippen LogP contribution in [0.3, 0.4) is 0 Å². The van der Waals surface area contributed by atoms with Gasteiger partial charge in [-0.05, 0) is 43.4 Å². The Morgan fingerprint density at radius 2 is 2.20 bits per heavy atom. The first kappa shape index (κ1) is 13.1. The summed E-state index contributed by atoms with van der Waals surface area (Å²) in [5.74, 6) is 1.16. The highest BCUT2D eigenvalue weighted by atomic mass is 79.9. The molecule has 1 atom stereocenters. The largest absolute Gasteiger partial charge is 0.309 e. The van der Waals surface area contributed by atoms with Crippen LogP contribution in [0, 0.1) is 6.92 Å². The van der Waals surface area contributed by atoms with Gasteiger partial charge >= 0.3 is 0 Å².